The maximum absolute atomic E-state index is 4.53. The minimum atomic E-state index is 0.0888. The number of piperidine rings is 1. The maximum Gasteiger partial charge on any atom is 0.177 e. The highest BCUT2D eigenvalue weighted by Crippen LogP contribution is 2.31. The number of fused-ring (bicyclic) bond motifs is 1. The fourth-order valence-corrected chi connectivity index (χ4v) is 2.46. The van der Waals surface area contributed by atoms with E-state index in [9.17, 15) is 0 Å². The number of nitrogens with zero attached hydrogens (tertiary/aromatic N) is 4. The molecule has 0 spiro atoms. The molecule has 1 saturated heterocycles. The Bertz CT molecular complexity index is 539. The van der Waals surface area contributed by atoms with E-state index >= 15 is 0 Å². The fourth-order valence-electron chi connectivity index (χ4n) is 2.46. The number of hydrogen-bond acceptors (Lipinski definition) is 4. The molecule has 5 heteroatoms. The summed E-state index contributed by atoms with van der Waals surface area (Å²) in [5.74, 6) is 0.998. The first-order valence-electron chi connectivity index (χ1n) is 6.09. The molecule has 0 atom stereocenters. The molecule has 1 aliphatic rings. The van der Waals surface area contributed by atoms with Gasteiger partial charge >= 0.3 is 0 Å². The Labute approximate surface area is 100 Å². The van der Waals surface area contributed by atoms with Crippen LogP contribution in [-0.2, 0) is 5.41 Å². The first-order valence-corrected chi connectivity index (χ1v) is 6.09. The van der Waals surface area contributed by atoms with Crippen molar-refractivity contribution in [3.63, 3.8) is 0 Å². The Morgan fingerprint density at radius 1 is 1.24 bits per heavy atom. The summed E-state index contributed by atoms with van der Waals surface area (Å²) in [7, 11) is 0. The zero-order valence-electron chi connectivity index (χ0n) is 10.3. The number of hydrogen-bond donors (Lipinski definition) is 1. The lowest BCUT2D eigenvalue weighted by Crippen LogP contribution is -2.39. The predicted molar refractivity (Wildman–Crippen MR) is 65.0 cm³/mol. The lowest BCUT2D eigenvalue weighted by atomic mass is 9.80. The third-order valence-electron chi connectivity index (χ3n) is 3.64. The summed E-state index contributed by atoms with van der Waals surface area (Å²) >= 11 is 0. The molecule has 5 nitrogen and oxygen atoms in total. The molecule has 3 heterocycles. The third-order valence-corrected chi connectivity index (χ3v) is 3.64. The van der Waals surface area contributed by atoms with Crippen molar-refractivity contribution in [3.8, 4) is 0 Å². The van der Waals surface area contributed by atoms with Gasteiger partial charge in [-0.1, -0.05) is 6.92 Å². The summed E-state index contributed by atoms with van der Waals surface area (Å²) in [5.41, 5.74) is 1.92. The second-order valence-electron chi connectivity index (χ2n) is 5.08. The number of aryl methyl sites for hydroxylation is 1. The average Bonchev–Trinajstić information content (AvgIpc) is 2.73. The van der Waals surface area contributed by atoms with E-state index in [2.05, 4.69) is 27.5 Å². The molecule has 0 bridgehead atoms. The molecule has 0 unspecified atom stereocenters. The molecule has 0 aliphatic carbocycles. The Morgan fingerprint density at radius 3 is 2.76 bits per heavy atom. The monoisotopic (exact) mass is 231 g/mol. The Balaban J connectivity index is 2.13. The van der Waals surface area contributed by atoms with E-state index in [0.29, 0.717) is 0 Å². The van der Waals surface area contributed by atoms with Gasteiger partial charge in [0, 0.05) is 5.41 Å². The van der Waals surface area contributed by atoms with E-state index < -0.39 is 0 Å². The summed E-state index contributed by atoms with van der Waals surface area (Å²) in [6, 6.07) is 3.95. The van der Waals surface area contributed by atoms with Crippen molar-refractivity contribution in [1.82, 2.24) is 25.1 Å². The lowest BCUT2D eigenvalue weighted by Gasteiger charge is -2.31. The minimum absolute atomic E-state index is 0.0888. The van der Waals surface area contributed by atoms with E-state index in [4.69, 9.17) is 0 Å². The van der Waals surface area contributed by atoms with E-state index in [1.54, 1.807) is 0 Å². The Hall–Kier alpha value is -1.49. The quantitative estimate of drug-likeness (QED) is 0.797. The molecule has 0 amide bonds. The van der Waals surface area contributed by atoms with Crippen LogP contribution in [0.1, 0.15) is 31.3 Å². The first kappa shape index (κ1) is 10.7. The minimum Gasteiger partial charge on any atom is -0.317 e. The van der Waals surface area contributed by atoms with E-state index in [0.717, 1.165) is 43.1 Å². The van der Waals surface area contributed by atoms with Gasteiger partial charge in [0.25, 0.3) is 0 Å². The van der Waals surface area contributed by atoms with Crippen LogP contribution in [-0.4, -0.2) is 32.9 Å². The topological polar surface area (TPSA) is 55.1 Å². The highest BCUT2D eigenvalue weighted by atomic mass is 15.4. The Kier molecular flexibility index (Phi) is 2.36. The van der Waals surface area contributed by atoms with Gasteiger partial charge in [-0.25, -0.2) is 0 Å². The van der Waals surface area contributed by atoms with Crippen LogP contribution >= 0.6 is 0 Å². The molecule has 1 aliphatic heterocycles. The van der Waals surface area contributed by atoms with E-state index in [-0.39, 0.29) is 5.41 Å². The molecule has 1 N–H and O–H groups in total. The van der Waals surface area contributed by atoms with Crippen molar-refractivity contribution in [2.24, 2.45) is 0 Å². The molecule has 1 fully saturated rings. The van der Waals surface area contributed by atoms with Gasteiger partial charge in [0.15, 0.2) is 11.5 Å². The molecule has 3 rings (SSSR count). The molecular formula is C12H17N5. The lowest BCUT2D eigenvalue weighted by molar-refractivity contribution is 0.313. The summed E-state index contributed by atoms with van der Waals surface area (Å²) in [6.45, 7) is 6.33. The van der Waals surface area contributed by atoms with Crippen LogP contribution in [0.15, 0.2) is 12.1 Å². The molecular weight excluding hydrogens is 214 g/mol. The smallest absolute Gasteiger partial charge is 0.177 e. The fraction of sp³-hybridized carbons (Fsp3) is 0.583. The Morgan fingerprint density at radius 2 is 2.00 bits per heavy atom. The van der Waals surface area contributed by atoms with Gasteiger partial charge in [0.1, 0.15) is 0 Å². The van der Waals surface area contributed by atoms with Gasteiger partial charge in [-0.3, -0.25) is 0 Å². The SMILES string of the molecule is Cc1ccc2nnc(C3(C)CCNCC3)n2n1. The van der Waals surface area contributed by atoms with Crippen LogP contribution in [0.5, 0.6) is 0 Å². The van der Waals surface area contributed by atoms with Crippen LogP contribution in [0.3, 0.4) is 0 Å². The van der Waals surface area contributed by atoms with Crippen LogP contribution in [0.4, 0.5) is 0 Å². The number of aromatic nitrogens is 4. The van der Waals surface area contributed by atoms with Crippen LogP contribution < -0.4 is 5.32 Å². The van der Waals surface area contributed by atoms with E-state index in [1.807, 2.05) is 23.6 Å². The van der Waals surface area contributed by atoms with E-state index in [1.165, 1.54) is 0 Å². The van der Waals surface area contributed by atoms with Gasteiger partial charge in [-0.2, -0.15) is 9.61 Å². The second kappa shape index (κ2) is 3.77. The number of nitrogens with one attached hydrogen (secondary N) is 1. The summed E-state index contributed by atoms with van der Waals surface area (Å²) in [4.78, 5) is 0. The summed E-state index contributed by atoms with van der Waals surface area (Å²) < 4.78 is 1.90. The largest absolute Gasteiger partial charge is 0.317 e. The van der Waals surface area contributed by atoms with Crippen molar-refractivity contribution in [3.05, 3.63) is 23.7 Å². The van der Waals surface area contributed by atoms with Gasteiger partial charge in [0.2, 0.25) is 0 Å². The maximum atomic E-state index is 4.53. The molecule has 90 valence electrons. The molecule has 0 radical (unpaired) electrons. The molecule has 17 heavy (non-hydrogen) atoms. The highest BCUT2D eigenvalue weighted by Gasteiger charge is 2.33. The third kappa shape index (κ3) is 1.70. The van der Waals surface area contributed by atoms with Crippen molar-refractivity contribution in [2.45, 2.75) is 32.1 Å². The van der Waals surface area contributed by atoms with Gasteiger partial charge in [-0.15, -0.1) is 10.2 Å². The summed E-state index contributed by atoms with van der Waals surface area (Å²) in [6.07, 6.45) is 2.17. The van der Waals surface area contributed by atoms with Crippen molar-refractivity contribution in [2.75, 3.05) is 13.1 Å². The molecule has 2 aromatic rings. The highest BCUT2D eigenvalue weighted by molar-refractivity contribution is 5.37. The molecule has 2 aromatic heterocycles. The second-order valence-corrected chi connectivity index (χ2v) is 5.08. The zero-order chi connectivity index (χ0) is 11.9. The van der Waals surface area contributed by atoms with Crippen LogP contribution in [0.25, 0.3) is 5.65 Å². The van der Waals surface area contributed by atoms with Gasteiger partial charge in [0.05, 0.1) is 5.69 Å². The predicted octanol–water partition coefficient (Wildman–Crippen LogP) is 1.07. The standard InChI is InChI=1S/C12H17N5/c1-9-3-4-10-14-15-11(17(10)16-9)12(2)5-7-13-8-6-12/h3-4,13H,5-8H2,1-2H3. The van der Waals surface area contributed by atoms with Gasteiger partial charge in [-0.05, 0) is 45.0 Å². The van der Waals surface area contributed by atoms with Gasteiger partial charge < -0.3 is 5.32 Å². The van der Waals surface area contributed by atoms with Crippen molar-refractivity contribution < 1.29 is 0 Å². The van der Waals surface area contributed by atoms with Crippen molar-refractivity contribution in [1.29, 1.82) is 0 Å². The average molecular weight is 231 g/mol. The molecule has 0 aromatic carbocycles. The van der Waals surface area contributed by atoms with Crippen LogP contribution in [0.2, 0.25) is 0 Å². The first-order chi connectivity index (χ1) is 8.19. The normalized spacial score (nSPS) is 19.6. The van der Waals surface area contributed by atoms with Crippen molar-refractivity contribution >= 4 is 5.65 Å². The number of rotatable bonds is 1. The zero-order valence-corrected chi connectivity index (χ0v) is 10.3. The van der Waals surface area contributed by atoms with Crippen LogP contribution in [0, 0.1) is 6.92 Å². The summed E-state index contributed by atoms with van der Waals surface area (Å²) in [5, 5.41) is 16.5. The molecule has 0 saturated carbocycles.